The Morgan fingerprint density at radius 1 is 1.48 bits per heavy atom. The zero-order valence-electron chi connectivity index (χ0n) is 12.1. The van der Waals surface area contributed by atoms with E-state index in [2.05, 4.69) is 0 Å². The Bertz CT molecular complexity index is 583. The van der Waals surface area contributed by atoms with Gasteiger partial charge < -0.3 is 9.64 Å². The van der Waals surface area contributed by atoms with Crippen molar-refractivity contribution >= 4 is 17.6 Å². The van der Waals surface area contributed by atoms with Gasteiger partial charge in [-0.3, -0.25) is 9.59 Å². The summed E-state index contributed by atoms with van der Waals surface area (Å²) in [5.41, 5.74) is 0.995. The molecule has 1 unspecified atom stereocenters. The number of benzene rings is 1. The largest absolute Gasteiger partial charge is 0.465 e. The first kappa shape index (κ1) is 15.2. The van der Waals surface area contributed by atoms with Gasteiger partial charge in [0.05, 0.1) is 5.69 Å². The van der Waals surface area contributed by atoms with E-state index < -0.39 is 5.97 Å². The van der Waals surface area contributed by atoms with Crippen molar-refractivity contribution in [3.05, 3.63) is 41.7 Å². The van der Waals surface area contributed by atoms with Crippen LogP contribution in [0.4, 0.5) is 10.1 Å². The summed E-state index contributed by atoms with van der Waals surface area (Å²) in [7, 11) is 0. The van der Waals surface area contributed by atoms with Crippen LogP contribution < -0.4 is 4.90 Å². The number of esters is 1. The van der Waals surface area contributed by atoms with Crippen LogP contribution in [0.25, 0.3) is 0 Å². The van der Waals surface area contributed by atoms with Crippen LogP contribution in [0.15, 0.2) is 30.4 Å². The normalized spacial score (nSPS) is 17.1. The lowest BCUT2D eigenvalue weighted by Gasteiger charge is -2.15. The minimum Gasteiger partial charge on any atom is -0.465 e. The minimum absolute atomic E-state index is 0.0739. The summed E-state index contributed by atoms with van der Waals surface area (Å²) in [6.07, 6.45) is 4.01. The molecule has 0 bridgehead atoms. The maximum Gasteiger partial charge on any atom is 0.302 e. The molecule has 4 nitrogen and oxygen atoms in total. The highest BCUT2D eigenvalue weighted by Gasteiger charge is 2.34. The summed E-state index contributed by atoms with van der Waals surface area (Å²) in [5, 5.41) is 0. The van der Waals surface area contributed by atoms with Gasteiger partial charge in [0.1, 0.15) is 12.4 Å². The maximum atomic E-state index is 14.1. The number of hydrogen-bond donors (Lipinski definition) is 0. The summed E-state index contributed by atoms with van der Waals surface area (Å²) in [4.78, 5) is 24.6. The lowest BCUT2D eigenvalue weighted by atomic mass is 10.0. The molecule has 1 aliphatic heterocycles. The van der Waals surface area contributed by atoms with E-state index in [4.69, 9.17) is 4.74 Å². The molecular weight excluding hydrogens is 273 g/mol. The lowest BCUT2D eigenvalue weighted by molar-refractivity contribution is -0.141. The van der Waals surface area contributed by atoms with Gasteiger partial charge in [0.2, 0.25) is 0 Å². The molecule has 0 aliphatic carbocycles. The summed E-state index contributed by atoms with van der Waals surface area (Å²) >= 11 is 0. The Kier molecular flexibility index (Phi) is 4.73. The smallest absolute Gasteiger partial charge is 0.302 e. The molecular formula is C16H18FNO3. The molecule has 2 rings (SSSR count). The van der Waals surface area contributed by atoms with Crippen molar-refractivity contribution in [2.75, 3.05) is 18.1 Å². The summed E-state index contributed by atoms with van der Waals surface area (Å²) in [6, 6.07) is 4.64. The molecule has 0 radical (unpaired) electrons. The fourth-order valence-electron chi connectivity index (χ4n) is 2.45. The molecule has 0 spiro atoms. The van der Waals surface area contributed by atoms with Gasteiger partial charge in [0.15, 0.2) is 0 Å². The molecule has 0 saturated heterocycles. The predicted octanol–water partition coefficient (Wildman–Crippen LogP) is 2.79. The molecule has 1 atom stereocenters. The average molecular weight is 291 g/mol. The Labute approximate surface area is 123 Å². The van der Waals surface area contributed by atoms with E-state index in [1.54, 1.807) is 18.2 Å². The molecule has 1 heterocycles. The molecule has 21 heavy (non-hydrogen) atoms. The number of amides is 1. The number of anilines is 1. The second kappa shape index (κ2) is 6.52. The molecule has 1 aromatic carbocycles. The zero-order valence-corrected chi connectivity index (χ0v) is 12.1. The number of nitrogens with zero attached hydrogens (tertiary/aromatic N) is 1. The van der Waals surface area contributed by atoms with Crippen LogP contribution in [-0.2, 0) is 14.3 Å². The predicted molar refractivity (Wildman–Crippen MR) is 77.6 cm³/mol. The highest BCUT2D eigenvalue weighted by molar-refractivity contribution is 6.03. The van der Waals surface area contributed by atoms with E-state index in [0.29, 0.717) is 17.8 Å². The molecule has 1 aliphatic rings. The molecule has 1 amide bonds. The molecule has 0 saturated carbocycles. The third kappa shape index (κ3) is 3.29. The van der Waals surface area contributed by atoms with E-state index in [0.717, 1.165) is 6.42 Å². The van der Waals surface area contributed by atoms with Crippen molar-refractivity contribution in [3.63, 3.8) is 0 Å². The molecule has 1 aromatic rings. The SMILES string of the molecule is CC/C=C/C(=O)N1CC(COC(C)=O)c2c(F)cccc21. The van der Waals surface area contributed by atoms with Gasteiger partial charge in [-0.2, -0.15) is 0 Å². The average Bonchev–Trinajstić information content (AvgIpc) is 2.83. The first-order valence-corrected chi connectivity index (χ1v) is 6.94. The van der Waals surface area contributed by atoms with Crippen LogP contribution in [0.2, 0.25) is 0 Å². The van der Waals surface area contributed by atoms with Gasteiger partial charge in [-0.25, -0.2) is 4.39 Å². The number of allylic oxidation sites excluding steroid dienone is 1. The Morgan fingerprint density at radius 2 is 2.24 bits per heavy atom. The van der Waals surface area contributed by atoms with Crippen LogP contribution >= 0.6 is 0 Å². The van der Waals surface area contributed by atoms with Crippen LogP contribution in [0, 0.1) is 5.82 Å². The highest BCUT2D eigenvalue weighted by atomic mass is 19.1. The van der Waals surface area contributed by atoms with Crippen LogP contribution in [0.5, 0.6) is 0 Å². The van der Waals surface area contributed by atoms with Crippen molar-refractivity contribution in [1.82, 2.24) is 0 Å². The Hall–Kier alpha value is -2.17. The molecule has 112 valence electrons. The first-order valence-electron chi connectivity index (χ1n) is 6.94. The van der Waals surface area contributed by atoms with Gasteiger partial charge in [0.25, 0.3) is 5.91 Å². The van der Waals surface area contributed by atoms with Gasteiger partial charge in [0, 0.05) is 24.9 Å². The van der Waals surface area contributed by atoms with E-state index in [9.17, 15) is 14.0 Å². The molecule has 0 N–H and O–H groups in total. The lowest BCUT2D eigenvalue weighted by Crippen LogP contribution is -2.29. The van der Waals surface area contributed by atoms with E-state index in [1.165, 1.54) is 24.0 Å². The third-order valence-electron chi connectivity index (χ3n) is 3.38. The Balaban J connectivity index is 2.28. The third-order valence-corrected chi connectivity index (χ3v) is 3.38. The first-order chi connectivity index (χ1) is 10.0. The summed E-state index contributed by atoms with van der Waals surface area (Å²) in [6.45, 7) is 3.63. The fourth-order valence-corrected chi connectivity index (χ4v) is 2.45. The minimum atomic E-state index is -0.413. The number of carbonyl (C=O) groups excluding carboxylic acids is 2. The standard InChI is InChI=1S/C16H18FNO3/c1-3-4-8-15(20)18-9-12(10-21-11(2)19)16-13(17)6-5-7-14(16)18/h4-8,12H,3,9-10H2,1-2H3/b8-4+. The topological polar surface area (TPSA) is 46.6 Å². The summed E-state index contributed by atoms with van der Waals surface area (Å²) in [5.74, 6) is -1.30. The second-order valence-electron chi connectivity index (χ2n) is 4.93. The monoisotopic (exact) mass is 291 g/mol. The Morgan fingerprint density at radius 3 is 2.90 bits per heavy atom. The van der Waals surface area contributed by atoms with Crippen molar-refractivity contribution in [1.29, 1.82) is 0 Å². The maximum absolute atomic E-state index is 14.1. The van der Waals surface area contributed by atoms with Crippen LogP contribution in [0.1, 0.15) is 31.7 Å². The van der Waals surface area contributed by atoms with Crippen molar-refractivity contribution in [2.24, 2.45) is 0 Å². The highest BCUT2D eigenvalue weighted by Crippen LogP contribution is 2.38. The van der Waals surface area contributed by atoms with Gasteiger partial charge in [-0.05, 0) is 24.6 Å². The quantitative estimate of drug-likeness (QED) is 0.633. The van der Waals surface area contributed by atoms with Crippen molar-refractivity contribution in [3.8, 4) is 0 Å². The number of hydrogen-bond acceptors (Lipinski definition) is 3. The van der Waals surface area contributed by atoms with Crippen molar-refractivity contribution in [2.45, 2.75) is 26.2 Å². The van der Waals surface area contributed by atoms with E-state index >= 15 is 0 Å². The number of rotatable bonds is 4. The fraction of sp³-hybridized carbons (Fsp3) is 0.375. The van der Waals surface area contributed by atoms with Gasteiger partial charge in [-0.1, -0.05) is 19.1 Å². The number of carbonyl (C=O) groups is 2. The second-order valence-corrected chi connectivity index (χ2v) is 4.93. The van der Waals surface area contributed by atoms with E-state index in [-0.39, 0.29) is 24.2 Å². The summed E-state index contributed by atoms with van der Waals surface area (Å²) < 4.78 is 19.0. The molecule has 5 heteroatoms. The van der Waals surface area contributed by atoms with Crippen molar-refractivity contribution < 1.29 is 18.7 Å². The van der Waals surface area contributed by atoms with Gasteiger partial charge >= 0.3 is 5.97 Å². The number of fused-ring (bicyclic) bond motifs is 1. The van der Waals surface area contributed by atoms with Crippen LogP contribution in [0.3, 0.4) is 0 Å². The zero-order chi connectivity index (χ0) is 15.4. The molecule has 0 aromatic heterocycles. The van der Waals surface area contributed by atoms with E-state index in [1.807, 2.05) is 6.92 Å². The molecule has 0 fully saturated rings. The van der Waals surface area contributed by atoms with Gasteiger partial charge in [-0.15, -0.1) is 0 Å². The number of halogens is 1. The number of ether oxygens (including phenoxy) is 1. The van der Waals surface area contributed by atoms with Crippen LogP contribution in [-0.4, -0.2) is 25.0 Å².